The summed E-state index contributed by atoms with van der Waals surface area (Å²) in [5.41, 5.74) is 0.799. The van der Waals surface area contributed by atoms with Gasteiger partial charge in [-0.25, -0.2) is 8.78 Å². The molecule has 3 rings (SSSR count). The highest BCUT2D eigenvalue weighted by atomic mass is 19.1. The number of hydrogen-bond acceptors (Lipinski definition) is 4. The van der Waals surface area contributed by atoms with Crippen LogP contribution in [0.1, 0.15) is 11.6 Å². The molecule has 1 heterocycles. The maximum absolute atomic E-state index is 13.7. The van der Waals surface area contributed by atoms with Crippen LogP contribution in [-0.2, 0) is 9.59 Å². The molecule has 6 nitrogen and oxygen atoms in total. The molecular formula is C21H24F2N4O2. The first kappa shape index (κ1) is 20.9. The van der Waals surface area contributed by atoms with E-state index in [0.29, 0.717) is 0 Å². The molecular weight excluding hydrogens is 378 g/mol. The van der Waals surface area contributed by atoms with Gasteiger partial charge >= 0.3 is 11.8 Å². The molecule has 2 aromatic carbocycles. The lowest BCUT2D eigenvalue weighted by molar-refractivity contribution is -0.136. The Bertz CT molecular complexity index is 852. The van der Waals surface area contributed by atoms with Crippen LogP contribution in [0.15, 0.2) is 48.5 Å². The molecule has 1 atom stereocenters. The highest BCUT2D eigenvalue weighted by molar-refractivity contribution is 6.39. The third-order valence-corrected chi connectivity index (χ3v) is 5.02. The summed E-state index contributed by atoms with van der Waals surface area (Å²) < 4.78 is 27.0. The van der Waals surface area contributed by atoms with Crippen molar-refractivity contribution >= 4 is 17.5 Å². The standard InChI is InChI=1S/C21H24F2N4O2/c1-26-10-12-27(13-11-26)19(15-6-8-16(22)9-7-15)14-24-20(28)21(29)25-18-5-3-2-4-17(18)23/h2-9,19H,10-14H2,1H3,(H,24,28)(H,25,29)/t19-/m0/s1. The number of carbonyl (C=O) groups excluding carboxylic acids is 2. The van der Waals surface area contributed by atoms with E-state index in [1.165, 1.54) is 30.3 Å². The molecule has 2 aromatic rings. The number of carbonyl (C=O) groups is 2. The minimum atomic E-state index is -0.939. The first-order valence-electron chi connectivity index (χ1n) is 9.46. The van der Waals surface area contributed by atoms with Gasteiger partial charge in [0.05, 0.1) is 11.7 Å². The Morgan fingerprint density at radius 2 is 1.62 bits per heavy atom. The third kappa shape index (κ3) is 5.58. The Kier molecular flexibility index (Phi) is 6.90. The summed E-state index contributed by atoms with van der Waals surface area (Å²) in [5.74, 6) is -2.74. The van der Waals surface area contributed by atoms with E-state index in [9.17, 15) is 18.4 Å². The maximum atomic E-state index is 13.7. The van der Waals surface area contributed by atoms with Gasteiger partial charge in [0.15, 0.2) is 0 Å². The zero-order valence-electron chi connectivity index (χ0n) is 16.2. The topological polar surface area (TPSA) is 64.7 Å². The molecule has 0 aliphatic carbocycles. The molecule has 0 bridgehead atoms. The fraction of sp³-hybridized carbons (Fsp3) is 0.333. The number of para-hydroxylation sites is 1. The number of benzene rings is 2. The zero-order chi connectivity index (χ0) is 20.8. The van der Waals surface area contributed by atoms with E-state index in [1.807, 2.05) is 7.05 Å². The Balaban J connectivity index is 1.65. The Labute approximate surface area is 168 Å². The molecule has 0 unspecified atom stereocenters. The van der Waals surface area contributed by atoms with Crippen molar-refractivity contribution in [3.8, 4) is 0 Å². The molecule has 1 saturated heterocycles. The van der Waals surface area contributed by atoms with Gasteiger partial charge in [-0.2, -0.15) is 0 Å². The Hall–Kier alpha value is -2.84. The first-order valence-corrected chi connectivity index (χ1v) is 9.46. The van der Waals surface area contributed by atoms with Gasteiger partial charge in [-0.15, -0.1) is 0 Å². The average Bonchev–Trinajstić information content (AvgIpc) is 2.72. The second-order valence-corrected chi connectivity index (χ2v) is 7.05. The Morgan fingerprint density at radius 1 is 0.966 bits per heavy atom. The maximum Gasteiger partial charge on any atom is 0.313 e. The molecule has 0 aromatic heterocycles. The average molecular weight is 402 g/mol. The summed E-state index contributed by atoms with van der Waals surface area (Å²) in [5, 5.41) is 4.89. The lowest BCUT2D eigenvalue weighted by atomic mass is 10.0. The van der Waals surface area contributed by atoms with Crippen LogP contribution in [0.2, 0.25) is 0 Å². The summed E-state index contributed by atoms with van der Waals surface area (Å²) in [6.07, 6.45) is 0. The molecule has 0 saturated carbocycles. The predicted molar refractivity (Wildman–Crippen MR) is 106 cm³/mol. The van der Waals surface area contributed by atoms with Crippen molar-refractivity contribution in [2.45, 2.75) is 6.04 Å². The van der Waals surface area contributed by atoms with Crippen LogP contribution < -0.4 is 10.6 Å². The minimum absolute atomic E-state index is 0.0539. The Morgan fingerprint density at radius 3 is 2.28 bits per heavy atom. The van der Waals surface area contributed by atoms with Gasteiger partial charge in [0, 0.05) is 32.7 Å². The number of nitrogens with one attached hydrogen (secondary N) is 2. The van der Waals surface area contributed by atoms with E-state index in [0.717, 1.165) is 31.7 Å². The molecule has 2 amide bonds. The van der Waals surface area contributed by atoms with Crippen molar-refractivity contribution in [3.63, 3.8) is 0 Å². The predicted octanol–water partition coefficient (Wildman–Crippen LogP) is 2.01. The third-order valence-electron chi connectivity index (χ3n) is 5.02. The fourth-order valence-corrected chi connectivity index (χ4v) is 3.29. The summed E-state index contributed by atoms with van der Waals surface area (Å²) >= 11 is 0. The van der Waals surface area contributed by atoms with Gasteiger partial charge in [-0.1, -0.05) is 24.3 Å². The van der Waals surface area contributed by atoms with Crippen molar-refractivity contribution in [2.24, 2.45) is 0 Å². The minimum Gasteiger partial charge on any atom is -0.346 e. The van der Waals surface area contributed by atoms with Crippen molar-refractivity contribution in [3.05, 3.63) is 65.7 Å². The molecule has 154 valence electrons. The molecule has 0 radical (unpaired) electrons. The van der Waals surface area contributed by atoms with Crippen LogP contribution in [0.4, 0.5) is 14.5 Å². The van der Waals surface area contributed by atoms with Gasteiger partial charge in [0.25, 0.3) is 0 Å². The van der Waals surface area contributed by atoms with Gasteiger partial charge in [0.1, 0.15) is 11.6 Å². The van der Waals surface area contributed by atoms with Crippen LogP contribution in [0.25, 0.3) is 0 Å². The van der Waals surface area contributed by atoms with Crippen molar-refractivity contribution < 1.29 is 18.4 Å². The molecule has 1 aliphatic heterocycles. The van der Waals surface area contributed by atoms with Crippen molar-refractivity contribution in [2.75, 3.05) is 45.1 Å². The zero-order valence-corrected chi connectivity index (χ0v) is 16.2. The second-order valence-electron chi connectivity index (χ2n) is 7.05. The number of hydrogen-bond donors (Lipinski definition) is 2. The monoisotopic (exact) mass is 402 g/mol. The van der Waals surface area contributed by atoms with Crippen molar-refractivity contribution in [1.29, 1.82) is 0 Å². The lowest BCUT2D eigenvalue weighted by Gasteiger charge is -2.38. The van der Waals surface area contributed by atoms with Crippen LogP contribution in [0, 0.1) is 11.6 Å². The number of halogens is 2. The summed E-state index contributed by atoms with van der Waals surface area (Å²) in [6.45, 7) is 3.50. The van der Waals surface area contributed by atoms with Crippen LogP contribution >= 0.6 is 0 Å². The number of piperazine rings is 1. The number of rotatable bonds is 5. The van der Waals surface area contributed by atoms with E-state index in [2.05, 4.69) is 20.4 Å². The number of likely N-dealkylation sites (N-methyl/N-ethyl adjacent to an activating group) is 1. The molecule has 0 spiro atoms. The quantitative estimate of drug-likeness (QED) is 0.751. The van der Waals surface area contributed by atoms with Crippen LogP contribution in [0.5, 0.6) is 0 Å². The van der Waals surface area contributed by atoms with Gasteiger partial charge in [-0.05, 0) is 36.9 Å². The highest BCUT2D eigenvalue weighted by Crippen LogP contribution is 2.22. The van der Waals surface area contributed by atoms with Crippen LogP contribution in [-0.4, -0.2) is 61.4 Å². The largest absolute Gasteiger partial charge is 0.346 e. The van der Waals surface area contributed by atoms with E-state index in [-0.39, 0.29) is 24.1 Å². The number of amides is 2. The smallest absolute Gasteiger partial charge is 0.313 e. The van der Waals surface area contributed by atoms with E-state index in [1.54, 1.807) is 18.2 Å². The second kappa shape index (κ2) is 9.58. The normalized spacial score (nSPS) is 16.2. The lowest BCUT2D eigenvalue weighted by Crippen LogP contribution is -2.49. The van der Waals surface area contributed by atoms with Gasteiger partial charge in [-0.3, -0.25) is 14.5 Å². The van der Waals surface area contributed by atoms with Crippen LogP contribution in [0.3, 0.4) is 0 Å². The molecule has 2 N–H and O–H groups in total. The number of nitrogens with zero attached hydrogens (tertiary/aromatic N) is 2. The van der Waals surface area contributed by atoms with E-state index >= 15 is 0 Å². The van der Waals surface area contributed by atoms with Gasteiger partial charge < -0.3 is 15.5 Å². The SMILES string of the molecule is CN1CCN([C@@H](CNC(=O)C(=O)Nc2ccccc2F)c2ccc(F)cc2)CC1. The summed E-state index contributed by atoms with van der Waals surface area (Å²) in [6, 6.07) is 11.6. The van der Waals surface area contributed by atoms with E-state index in [4.69, 9.17) is 0 Å². The van der Waals surface area contributed by atoms with Crippen molar-refractivity contribution in [1.82, 2.24) is 15.1 Å². The number of anilines is 1. The molecule has 8 heteroatoms. The first-order chi connectivity index (χ1) is 13.9. The summed E-state index contributed by atoms with van der Waals surface area (Å²) in [7, 11) is 2.04. The fourth-order valence-electron chi connectivity index (χ4n) is 3.29. The van der Waals surface area contributed by atoms with E-state index < -0.39 is 17.6 Å². The summed E-state index contributed by atoms with van der Waals surface area (Å²) in [4.78, 5) is 28.8. The molecule has 1 fully saturated rings. The highest BCUT2D eigenvalue weighted by Gasteiger charge is 2.25. The molecule has 1 aliphatic rings. The molecule has 29 heavy (non-hydrogen) atoms. The van der Waals surface area contributed by atoms with Gasteiger partial charge in [0.2, 0.25) is 0 Å².